The number of aromatic nitrogens is 1. The van der Waals surface area contributed by atoms with E-state index in [-0.39, 0.29) is 5.69 Å². The highest BCUT2D eigenvalue weighted by molar-refractivity contribution is 6.53. The summed E-state index contributed by atoms with van der Waals surface area (Å²) in [6, 6.07) is 5.64. The lowest BCUT2D eigenvalue weighted by molar-refractivity contribution is -0.134. The second kappa shape index (κ2) is 4.03. The summed E-state index contributed by atoms with van der Waals surface area (Å²) in [6.07, 6.45) is 1.52. The van der Waals surface area contributed by atoms with Gasteiger partial charge in [-0.1, -0.05) is 11.6 Å². The highest BCUT2D eigenvalue weighted by atomic mass is 35.5. The van der Waals surface area contributed by atoms with Gasteiger partial charge in [0.1, 0.15) is 0 Å². The van der Waals surface area contributed by atoms with Crippen molar-refractivity contribution in [3.8, 4) is 0 Å². The molecule has 1 aromatic heterocycles. The Balaban J connectivity index is 2.27. The molecule has 0 unspecified atom stereocenters. The normalized spacial score (nSPS) is 15.2. The quantitative estimate of drug-likeness (QED) is 0.631. The number of urea groups is 1. The molecular formula is C12H6ClN3O3. The maximum atomic E-state index is 11.7. The van der Waals surface area contributed by atoms with Crippen LogP contribution in [0.3, 0.4) is 0 Å². The second-order valence-electron chi connectivity index (χ2n) is 3.87. The van der Waals surface area contributed by atoms with E-state index in [4.69, 9.17) is 11.6 Å². The molecule has 2 heterocycles. The molecule has 94 valence electrons. The molecule has 0 atom stereocenters. The first kappa shape index (κ1) is 11.6. The first-order valence-corrected chi connectivity index (χ1v) is 5.70. The Morgan fingerprint density at radius 3 is 2.63 bits per heavy atom. The Morgan fingerprint density at radius 1 is 1.16 bits per heavy atom. The van der Waals surface area contributed by atoms with Gasteiger partial charge in [0.15, 0.2) is 0 Å². The number of halogens is 1. The maximum Gasteiger partial charge on any atom is 0.336 e. The van der Waals surface area contributed by atoms with Gasteiger partial charge in [-0.25, -0.2) is 9.69 Å². The average molecular weight is 276 g/mol. The number of amides is 4. The van der Waals surface area contributed by atoms with Gasteiger partial charge < -0.3 is 0 Å². The van der Waals surface area contributed by atoms with E-state index in [1.165, 1.54) is 12.3 Å². The van der Waals surface area contributed by atoms with Gasteiger partial charge in [0.2, 0.25) is 0 Å². The van der Waals surface area contributed by atoms with Crippen molar-refractivity contribution in [2.45, 2.75) is 0 Å². The second-order valence-corrected chi connectivity index (χ2v) is 4.27. The lowest BCUT2D eigenvalue weighted by Gasteiger charge is -2.13. The van der Waals surface area contributed by atoms with Crippen molar-refractivity contribution >= 4 is 46.0 Å². The van der Waals surface area contributed by atoms with Crippen LogP contribution in [0.4, 0.5) is 10.5 Å². The zero-order chi connectivity index (χ0) is 13.6. The fourth-order valence-electron chi connectivity index (χ4n) is 1.92. The lowest BCUT2D eigenvalue weighted by atomic mass is 10.2. The Hall–Kier alpha value is -2.47. The molecule has 0 saturated carbocycles. The van der Waals surface area contributed by atoms with Crippen LogP contribution in [0.5, 0.6) is 0 Å². The van der Waals surface area contributed by atoms with Crippen LogP contribution in [0.1, 0.15) is 0 Å². The number of carbonyl (C=O) groups is 3. The van der Waals surface area contributed by atoms with Crippen LogP contribution in [0, 0.1) is 0 Å². The van der Waals surface area contributed by atoms with Crippen molar-refractivity contribution in [2.75, 3.05) is 4.90 Å². The van der Waals surface area contributed by atoms with Crippen molar-refractivity contribution in [3.63, 3.8) is 0 Å². The van der Waals surface area contributed by atoms with Gasteiger partial charge >= 0.3 is 17.8 Å². The van der Waals surface area contributed by atoms with Crippen LogP contribution in [-0.2, 0) is 9.59 Å². The van der Waals surface area contributed by atoms with Crippen LogP contribution in [0.2, 0.25) is 5.02 Å². The van der Waals surface area contributed by atoms with Crippen molar-refractivity contribution in [1.82, 2.24) is 10.3 Å². The minimum absolute atomic E-state index is 0.230. The molecule has 1 aromatic carbocycles. The molecule has 2 aromatic rings. The monoisotopic (exact) mass is 275 g/mol. The number of carbonyl (C=O) groups excluding carboxylic acids is 3. The molecule has 6 nitrogen and oxygen atoms in total. The molecule has 0 aliphatic carbocycles. The summed E-state index contributed by atoms with van der Waals surface area (Å²) in [7, 11) is 0. The number of anilines is 1. The molecule has 1 fully saturated rings. The summed E-state index contributed by atoms with van der Waals surface area (Å²) < 4.78 is 0. The van der Waals surface area contributed by atoms with Gasteiger partial charge in [0.25, 0.3) is 0 Å². The molecule has 1 aliphatic rings. The fraction of sp³-hybridized carbons (Fsp3) is 0. The molecule has 19 heavy (non-hydrogen) atoms. The Labute approximate surface area is 112 Å². The number of imide groups is 2. The van der Waals surface area contributed by atoms with Crippen LogP contribution >= 0.6 is 11.6 Å². The van der Waals surface area contributed by atoms with E-state index < -0.39 is 17.8 Å². The summed E-state index contributed by atoms with van der Waals surface area (Å²) in [6.45, 7) is 0. The number of nitrogens with zero attached hydrogens (tertiary/aromatic N) is 2. The Morgan fingerprint density at radius 2 is 1.95 bits per heavy atom. The first-order valence-electron chi connectivity index (χ1n) is 5.32. The predicted octanol–water partition coefficient (Wildman–Crippen LogP) is 1.47. The van der Waals surface area contributed by atoms with Crippen molar-refractivity contribution < 1.29 is 14.4 Å². The zero-order valence-corrected chi connectivity index (χ0v) is 10.1. The molecule has 0 radical (unpaired) electrons. The molecule has 1 aliphatic heterocycles. The fourth-order valence-corrected chi connectivity index (χ4v) is 2.14. The number of nitrogens with one attached hydrogen (secondary N) is 1. The van der Waals surface area contributed by atoms with Crippen LogP contribution < -0.4 is 10.2 Å². The molecule has 0 bridgehead atoms. The third-order valence-electron chi connectivity index (χ3n) is 2.76. The van der Waals surface area contributed by atoms with Gasteiger partial charge in [-0.05, 0) is 24.3 Å². The third kappa shape index (κ3) is 1.65. The number of benzene rings is 1. The van der Waals surface area contributed by atoms with E-state index in [2.05, 4.69) is 4.98 Å². The molecular weight excluding hydrogens is 270 g/mol. The van der Waals surface area contributed by atoms with Crippen LogP contribution in [0.15, 0.2) is 30.5 Å². The molecule has 3 rings (SSSR count). The van der Waals surface area contributed by atoms with E-state index >= 15 is 0 Å². The highest BCUT2D eigenvalue weighted by Gasteiger charge is 2.39. The van der Waals surface area contributed by atoms with E-state index in [1.807, 2.05) is 5.32 Å². The van der Waals surface area contributed by atoms with Gasteiger partial charge in [0.05, 0.1) is 16.2 Å². The van der Waals surface area contributed by atoms with Crippen LogP contribution in [0.25, 0.3) is 10.9 Å². The third-order valence-corrected chi connectivity index (χ3v) is 3.09. The van der Waals surface area contributed by atoms with E-state index in [1.54, 1.807) is 18.2 Å². The minimum Gasteiger partial charge on any atom is -0.269 e. The number of pyridine rings is 1. The molecule has 1 saturated heterocycles. The molecule has 1 N–H and O–H groups in total. The molecule has 4 amide bonds. The number of fused-ring (bicyclic) bond motifs is 1. The largest absolute Gasteiger partial charge is 0.336 e. The summed E-state index contributed by atoms with van der Waals surface area (Å²) >= 11 is 6.03. The smallest absolute Gasteiger partial charge is 0.269 e. The highest BCUT2D eigenvalue weighted by Crippen LogP contribution is 2.31. The standard InChI is InChI=1S/C12H6ClN3O3/c13-7-3-4-8(9-6(7)2-1-5-14-9)16-11(18)10(17)15-12(16)19/h1-5H,(H,15,17,19). The zero-order valence-electron chi connectivity index (χ0n) is 9.38. The topological polar surface area (TPSA) is 79.4 Å². The lowest BCUT2D eigenvalue weighted by Crippen LogP contribution is -2.31. The predicted molar refractivity (Wildman–Crippen MR) is 67.8 cm³/mol. The van der Waals surface area contributed by atoms with Gasteiger partial charge in [0, 0.05) is 11.6 Å². The van der Waals surface area contributed by atoms with E-state index in [9.17, 15) is 14.4 Å². The molecule has 7 heteroatoms. The van der Waals surface area contributed by atoms with Gasteiger partial charge in [-0.15, -0.1) is 0 Å². The maximum absolute atomic E-state index is 11.7. The summed E-state index contributed by atoms with van der Waals surface area (Å²) in [5.74, 6) is -1.89. The average Bonchev–Trinajstić information content (AvgIpc) is 2.65. The van der Waals surface area contributed by atoms with Crippen molar-refractivity contribution in [3.05, 3.63) is 35.5 Å². The number of hydrogen-bond donors (Lipinski definition) is 1. The van der Waals surface area contributed by atoms with Gasteiger partial charge in [-0.2, -0.15) is 0 Å². The number of rotatable bonds is 1. The summed E-state index contributed by atoms with van der Waals surface area (Å²) in [5.41, 5.74) is 0.613. The van der Waals surface area contributed by atoms with Gasteiger partial charge in [-0.3, -0.25) is 19.9 Å². The minimum atomic E-state index is -0.955. The summed E-state index contributed by atoms with van der Waals surface area (Å²) in [5, 5.41) is 2.98. The Kier molecular flexibility index (Phi) is 2.46. The SMILES string of the molecule is O=C1NC(=O)N(c2ccc(Cl)c3cccnc23)C1=O. The summed E-state index contributed by atoms with van der Waals surface area (Å²) in [4.78, 5) is 39.4. The number of hydrogen-bond acceptors (Lipinski definition) is 4. The van der Waals surface area contributed by atoms with E-state index in [0.29, 0.717) is 15.9 Å². The van der Waals surface area contributed by atoms with E-state index in [0.717, 1.165) is 4.90 Å². The van der Waals surface area contributed by atoms with Crippen LogP contribution in [-0.4, -0.2) is 22.8 Å². The first-order chi connectivity index (χ1) is 9.09. The van der Waals surface area contributed by atoms with Crippen molar-refractivity contribution in [1.29, 1.82) is 0 Å². The molecule has 0 spiro atoms. The van der Waals surface area contributed by atoms with Crippen molar-refractivity contribution in [2.24, 2.45) is 0 Å². The Bertz CT molecular complexity index is 744.